The maximum absolute atomic E-state index is 13.2. The average Bonchev–Trinajstić information content (AvgIpc) is 3.67. The van der Waals surface area contributed by atoms with Gasteiger partial charge < -0.3 is 25.7 Å². The summed E-state index contributed by atoms with van der Waals surface area (Å²) in [6, 6.07) is 31.9. The van der Waals surface area contributed by atoms with E-state index in [2.05, 4.69) is 26.3 Å². The van der Waals surface area contributed by atoms with Crippen molar-refractivity contribution >= 4 is 58.5 Å². The number of nitrogens with one attached hydrogen (secondary N) is 4. The molecule has 10 nitrogen and oxygen atoms in total. The number of hydrogen-bond acceptors (Lipinski definition) is 8. The summed E-state index contributed by atoms with van der Waals surface area (Å²) >= 11 is 3.23. The summed E-state index contributed by atoms with van der Waals surface area (Å²) in [6.07, 6.45) is 6.97. The molecule has 0 saturated heterocycles. The van der Waals surface area contributed by atoms with Gasteiger partial charge in [-0.3, -0.25) is 19.2 Å². The van der Waals surface area contributed by atoms with Crippen LogP contribution in [0.15, 0.2) is 120 Å². The Morgan fingerprint density at radius 1 is 0.604 bits per heavy atom. The van der Waals surface area contributed by atoms with E-state index >= 15 is 0 Å². The summed E-state index contributed by atoms with van der Waals surface area (Å²) < 4.78 is 6.06. The lowest BCUT2D eigenvalue weighted by Gasteiger charge is -2.18. The molecule has 0 fully saturated rings. The number of rotatable bonds is 18. The number of benzene rings is 4. The fraction of sp³-hybridized carbons (Fsp3) is 0.244. The molecule has 5 rings (SSSR count). The maximum atomic E-state index is 13.2. The zero-order valence-electron chi connectivity index (χ0n) is 29.7. The molecule has 1 aromatic heterocycles. The molecule has 0 bridgehead atoms. The van der Waals surface area contributed by atoms with E-state index in [1.165, 1.54) is 0 Å². The van der Waals surface area contributed by atoms with E-state index in [0.717, 1.165) is 33.8 Å². The lowest BCUT2D eigenvalue weighted by molar-refractivity contribution is -0.126. The Morgan fingerprint density at radius 2 is 1.04 bits per heavy atom. The van der Waals surface area contributed by atoms with Gasteiger partial charge in [0.25, 0.3) is 0 Å². The fourth-order valence-corrected chi connectivity index (χ4v) is 6.42. The molecule has 0 aliphatic carbocycles. The number of thioether (sulfide) groups is 2. The van der Waals surface area contributed by atoms with Crippen molar-refractivity contribution in [3.8, 4) is 22.8 Å². The van der Waals surface area contributed by atoms with E-state index in [9.17, 15) is 19.2 Å². The number of amides is 4. The van der Waals surface area contributed by atoms with E-state index in [1.54, 1.807) is 66.1 Å². The van der Waals surface area contributed by atoms with E-state index < -0.39 is 12.1 Å². The minimum atomic E-state index is -0.667. The van der Waals surface area contributed by atoms with Crippen molar-refractivity contribution in [1.82, 2.24) is 15.6 Å². The molecule has 0 saturated carbocycles. The first-order valence-electron chi connectivity index (χ1n) is 17.2. The van der Waals surface area contributed by atoms with Crippen molar-refractivity contribution in [2.45, 2.75) is 37.8 Å². The van der Waals surface area contributed by atoms with Gasteiger partial charge in [-0.2, -0.15) is 23.5 Å². The van der Waals surface area contributed by atoms with Gasteiger partial charge in [-0.15, -0.1) is 0 Å². The summed E-state index contributed by atoms with van der Waals surface area (Å²) in [4.78, 5) is 56.2. The highest BCUT2D eigenvalue weighted by Crippen LogP contribution is 2.28. The summed E-state index contributed by atoms with van der Waals surface area (Å²) in [7, 11) is 0. The third kappa shape index (κ3) is 12.1. The van der Waals surface area contributed by atoms with Crippen LogP contribution in [0.1, 0.15) is 24.0 Å². The van der Waals surface area contributed by atoms with Crippen LogP contribution in [0.2, 0.25) is 0 Å². The molecule has 0 unspecified atom stereocenters. The number of carbonyl (C=O) groups is 4. The van der Waals surface area contributed by atoms with Crippen molar-refractivity contribution in [2.24, 2.45) is 0 Å². The molecule has 0 radical (unpaired) electrons. The van der Waals surface area contributed by atoms with Crippen molar-refractivity contribution in [3.05, 3.63) is 127 Å². The van der Waals surface area contributed by atoms with E-state index in [0.29, 0.717) is 35.9 Å². The van der Waals surface area contributed by atoms with E-state index in [-0.39, 0.29) is 36.5 Å². The molecule has 4 amide bonds. The SMILES string of the molecule is CSCC[C@H](NC(=O)Cc1ccccc1)C(=O)Nc1ccc(-c2cnc(-c3ccc(NC(=O)[C@H](CCSC)NC(=O)Cc4ccccc4)cc3)o2)cc1. The van der Waals surface area contributed by atoms with Gasteiger partial charge in [0.1, 0.15) is 12.1 Å². The van der Waals surface area contributed by atoms with Gasteiger partial charge >= 0.3 is 0 Å². The van der Waals surface area contributed by atoms with Crippen LogP contribution < -0.4 is 21.3 Å². The third-order valence-corrected chi connectivity index (χ3v) is 9.57. The van der Waals surface area contributed by atoms with Crippen LogP contribution in [0.4, 0.5) is 11.4 Å². The Balaban J connectivity index is 1.16. The molecule has 5 aromatic rings. The van der Waals surface area contributed by atoms with Gasteiger partial charge in [0.05, 0.1) is 19.0 Å². The monoisotopic (exact) mass is 749 g/mol. The topological polar surface area (TPSA) is 142 Å². The van der Waals surface area contributed by atoms with E-state index in [4.69, 9.17) is 4.42 Å². The second-order valence-corrected chi connectivity index (χ2v) is 14.3. The number of hydrogen-bond donors (Lipinski definition) is 4. The zero-order valence-corrected chi connectivity index (χ0v) is 31.3. The molecule has 4 aromatic carbocycles. The van der Waals surface area contributed by atoms with Crippen molar-refractivity contribution in [1.29, 1.82) is 0 Å². The van der Waals surface area contributed by atoms with Crippen LogP contribution in [0, 0.1) is 0 Å². The summed E-state index contributed by atoms with van der Waals surface area (Å²) in [5, 5.41) is 11.6. The highest BCUT2D eigenvalue weighted by atomic mass is 32.2. The zero-order chi connectivity index (χ0) is 37.4. The Hall–Kier alpha value is -5.33. The number of anilines is 2. The van der Waals surface area contributed by atoms with E-state index in [1.807, 2.05) is 85.3 Å². The fourth-order valence-electron chi connectivity index (χ4n) is 5.48. The molecule has 0 aliphatic rings. The van der Waals surface area contributed by atoms with Gasteiger partial charge in [0.2, 0.25) is 29.5 Å². The maximum Gasteiger partial charge on any atom is 0.246 e. The standard InChI is InChI=1S/C41H43N5O5S2/c1-52-23-21-34(45-37(47)25-28-9-5-3-6-10-28)39(49)43-32-17-13-30(14-18-32)36-27-42-41(51-36)31-15-19-33(20-16-31)44-40(50)35(22-24-53-2)46-38(48)26-29-11-7-4-8-12-29/h3-20,27,34-35H,21-26H2,1-2H3,(H,43,49)(H,44,50)(H,45,47)(H,46,48)/t34-,35-/m0/s1. The molecule has 274 valence electrons. The largest absolute Gasteiger partial charge is 0.436 e. The quantitative estimate of drug-likeness (QED) is 0.0763. The summed E-state index contributed by atoms with van der Waals surface area (Å²) in [5.41, 5.74) is 4.43. The Kier molecular flexibility index (Phi) is 14.7. The molecule has 4 N–H and O–H groups in total. The van der Waals surface area contributed by atoms with Crippen LogP contribution in [-0.2, 0) is 32.0 Å². The van der Waals surface area contributed by atoms with Gasteiger partial charge in [-0.25, -0.2) is 4.98 Å². The van der Waals surface area contributed by atoms with Crippen molar-refractivity contribution in [2.75, 3.05) is 34.7 Å². The lowest BCUT2D eigenvalue weighted by Crippen LogP contribution is -2.44. The second-order valence-electron chi connectivity index (χ2n) is 12.3. The second kappa shape index (κ2) is 20.1. The number of carbonyl (C=O) groups excluding carboxylic acids is 4. The highest BCUT2D eigenvalue weighted by molar-refractivity contribution is 7.98. The first-order chi connectivity index (χ1) is 25.8. The smallest absolute Gasteiger partial charge is 0.246 e. The third-order valence-electron chi connectivity index (χ3n) is 8.28. The van der Waals surface area contributed by atoms with Gasteiger partial charge in [0.15, 0.2) is 5.76 Å². The number of oxazole rings is 1. The highest BCUT2D eigenvalue weighted by Gasteiger charge is 2.22. The predicted octanol–water partition coefficient (Wildman–Crippen LogP) is 6.85. The molecule has 0 aliphatic heterocycles. The first kappa shape index (κ1) is 38.9. The molecule has 1 heterocycles. The van der Waals surface area contributed by atoms with Gasteiger partial charge in [-0.1, -0.05) is 60.7 Å². The number of aromatic nitrogens is 1. The Morgan fingerprint density at radius 3 is 1.47 bits per heavy atom. The van der Waals surface area contributed by atoms with Crippen molar-refractivity contribution in [3.63, 3.8) is 0 Å². The first-order valence-corrected chi connectivity index (χ1v) is 20.0. The van der Waals surface area contributed by atoms with Crippen LogP contribution in [0.3, 0.4) is 0 Å². The average molecular weight is 750 g/mol. The Bertz CT molecular complexity index is 1800. The Labute approximate surface area is 318 Å². The number of nitrogens with zero attached hydrogens (tertiary/aromatic N) is 1. The molecule has 53 heavy (non-hydrogen) atoms. The minimum absolute atomic E-state index is 0.202. The molecule has 0 spiro atoms. The minimum Gasteiger partial charge on any atom is -0.436 e. The summed E-state index contributed by atoms with van der Waals surface area (Å²) in [6.45, 7) is 0. The summed E-state index contributed by atoms with van der Waals surface area (Å²) in [5.74, 6) is 1.43. The lowest BCUT2D eigenvalue weighted by atomic mass is 10.1. The van der Waals surface area contributed by atoms with Crippen LogP contribution in [-0.4, -0.2) is 64.7 Å². The van der Waals surface area contributed by atoms with Gasteiger partial charge in [-0.05, 0) is 96.5 Å². The van der Waals surface area contributed by atoms with Crippen molar-refractivity contribution < 1.29 is 23.6 Å². The van der Waals surface area contributed by atoms with Gasteiger partial charge in [0, 0.05) is 22.5 Å². The normalized spacial score (nSPS) is 12.0. The van der Waals surface area contributed by atoms with Crippen LogP contribution >= 0.6 is 23.5 Å². The molecular formula is C41H43N5O5S2. The predicted molar refractivity (Wildman–Crippen MR) is 215 cm³/mol. The molecule has 12 heteroatoms. The van der Waals surface area contributed by atoms with Crippen LogP contribution in [0.25, 0.3) is 22.8 Å². The molecule has 2 atom stereocenters. The molecular weight excluding hydrogens is 707 g/mol. The van der Waals surface area contributed by atoms with Crippen LogP contribution in [0.5, 0.6) is 0 Å².